The van der Waals surface area contributed by atoms with Gasteiger partial charge in [0.2, 0.25) is 0 Å². The molecule has 0 amide bonds. The molecular weight excluding hydrogens is 262 g/mol. The quantitative estimate of drug-likeness (QED) is 0.788. The van der Waals surface area contributed by atoms with E-state index in [9.17, 15) is 0 Å². The molecule has 2 unspecified atom stereocenters. The van der Waals surface area contributed by atoms with Crippen LogP contribution in [-0.4, -0.2) is 25.9 Å². The van der Waals surface area contributed by atoms with Crippen molar-refractivity contribution in [1.29, 1.82) is 0 Å². The Bertz CT molecular complexity index is 384. The normalized spacial score (nSPS) is 14.2. The van der Waals surface area contributed by atoms with Crippen LogP contribution in [0.3, 0.4) is 0 Å². The van der Waals surface area contributed by atoms with Crippen LogP contribution in [0.2, 0.25) is 5.02 Å². The largest absolute Gasteiger partial charge is 0.488 e. The van der Waals surface area contributed by atoms with E-state index in [1.54, 1.807) is 0 Å². The first-order valence-corrected chi connectivity index (χ1v) is 7.23. The molecule has 0 spiro atoms. The van der Waals surface area contributed by atoms with Gasteiger partial charge in [-0.05, 0) is 45.0 Å². The number of nitrogens with one attached hydrogen (secondary N) is 1. The topological polar surface area (TPSA) is 30.5 Å². The van der Waals surface area contributed by atoms with Gasteiger partial charge in [-0.1, -0.05) is 24.6 Å². The van der Waals surface area contributed by atoms with Crippen LogP contribution in [0.15, 0.2) is 18.2 Å². The average molecular weight is 286 g/mol. The van der Waals surface area contributed by atoms with Gasteiger partial charge in [0.05, 0.1) is 6.61 Å². The molecule has 0 aliphatic rings. The summed E-state index contributed by atoms with van der Waals surface area (Å²) in [7, 11) is 0. The van der Waals surface area contributed by atoms with Gasteiger partial charge in [0.1, 0.15) is 11.9 Å². The lowest BCUT2D eigenvalue weighted by atomic mass is 10.1. The fourth-order valence-electron chi connectivity index (χ4n) is 1.90. The van der Waals surface area contributed by atoms with Crippen molar-refractivity contribution in [1.82, 2.24) is 5.32 Å². The number of hydrogen-bond donors (Lipinski definition) is 1. The van der Waals surface area contributed by atoms with Gasteiger partial charge in [-0.2, -0.15) is 0 Å². The van der Waals surface area contributed by atoms with Gasteiger partial charge in [0.25, 0.3) is 0 Å². The van der Waals surface area contributed by atoms with Crippen molar-refractivity contribution in [3.05, 3.63) is 28.8 Å². The second-order valence-electron chi connectivity index (χ2n) is 4.55. The molecule has 0 aliphatic carbocycles. The summed E-state index contributed by atoms with van der Waals surface area (Å²) in [5.74, 6) is 0.782. The van der Waals surface area contributed by atoms with Gasteiger partial charge >= 0.3 is 0 Å². The van der Waals surface area contributed by atoms with E-state index in [0.717, 1.165) is 22.9 Å². The van der Waals surface area contributed by atoms with Crippen LogP contribution in [0, 0.1) is 0 Å². The van der Waals surface area contributed by atoms with E-state index < -0.39 is 0 Å². The van der Waals surface area contributed by atoms with Crippen LogP contribution in [0.25, 0.3) is 0 Å². The Morgan fingerprint density at radius 1 is 1.26 bits per heavy atom. The summed E-state index contributed by atoms with van der Waals surface area (Å²) in [4.78, 5) is 0. The molecule has 0 aromatic heterocycles. The maximum absolute atomic E-state index is 6.30. The van der Waals surface area contributed by atoms with Crippen molar-refractivity contribution in [2.75, 3.05) is 19.8 Å². The maximum Gasteiger partial charge on any atom is 0.121 e. The van der Waals surface area contributed by atoms with Crippen molar-refractivity contribution in [2.24, 2.45) is 0 Å². The molecule has 4 heteroatoms. The minimum atomic E-state index is 0.0213. The standard InChI is InChI=1S/C15H24ClNO2/c1-5-17-12(4)14-8-7-13(9-15(14)16)19-11(3)10-18-6-2/h7-9,11-12,17H,5-6,10H2,1-4H3. The Labute approximate surface area is 121 Å². The van der Waals surface area contributed by atoms with Crippen molar-refractivity contribution >= 4 is 11.6 Å². The highest BCUT2D eigenvalue weighted by Gasteiger charge is 2.11. The van der Waals surface area contributed by atoms with E-state index >= 15 is 0 Å². The average Bonchev–Trinajstić information content (AvgIpc) is 2.36. The summed E-state index contributed by atoms with van der Waals surface area (Å²) in [5, 5.41) is 4.08. The van der Waals surface area contributed by atoms with Gasteiger partial charge < -0.3 is 14.8 Å². The Kier molecular flexibility index (Phi) is 7.21. The van der Waals surface area contributed by atoms with E-state index in [-0.39, 0.29) is 12.1 Å². The Morgan fingerprint density at radius 2 is 2.00 bits per heavy atom. The van der Waals surface area contributed by atoms with Crippen molar-refractivity contribution in [2.45, 2.75) is 39.8 Å². The van der Waals surface area contributed by atoms with E-state index in [1.807, 2.05) is 32.0 Å². The fourth-order valence-corrected chi connectivity index (χ4v) is 2.23. The third kappa shape index (κ3) is 5.39. The summed E-state index contributed by atoms with van der Waals surface area (Å²) in [6.45, 7) is 10.3. The van der Waals surface area contributed by atoms with Crippen molar-refractivity contribution in [3.63, 3.8) is 0 Å². The van der Waals surface area contributed by atoms with Crippen molar-refractivity contribution < 1.29 is 9.47 Å². The zero-order chi connectivity index (χ0) is 14.3. The number of ether oxygens (including phenoxy) is 2. The first kappa shape index (κ1) is 16.3. The molecular formula is C15H24ClNO2. The molecule has 0 fully saturated rings. The molecule has 19 heavy (non-hydrogen) atoms. The molecule has 0 saturated heterocycles. The minimum Gasteiger partial charge on any atom is -0.488 e. The molecule has 1 N–H and O–H groups in total. The molecule has 108 valence electrons. The SMILES string of the molecule is CCNC(C)c1ccc(OC(C)COCC)cc1Cl. The molecule has 3 nitrogen and oxygen atoms in total. The van der Waals surface area contributed by atoms with Gasteiger partial charge in [0.15, 0.2) is 0 Å². The Balaban J connectivity index is 2.65. The van der Waals surface area contributed by atoms with Gasteiger partial charge in [-0.3, -0.25) is 0 Å². The van der Waals surface area contributed by atoms with Gasteiger partial charge in [0, 0.05) is 17.7 Å². The summed E-state index contributed by atoms with van der Waals surface area (Å²) in [6.07, 6.45) is 0.0213. The predicted octanol–water partition coefficient (Wildman–Crippen LogP) is 3.81. The molecule has 0 heterocycles. The number of benzene rings is 1. The molecule has 0 aliphatic heterocycles. The van der Waals surface area contributed by atoms with E-state index in [1.165, 1.54) is 0 Å². The maximum atomic E-state index is 6.30. The van der Waals surface area contributed by atoms with Gasteiger partial charge in [-0.25, -0.2) is 0 Å². The predicted molar refractivity (Wildman–Crippen MR) is 80.1 cm³/mol. The lowest BCUT2D eigenvalue weighted by Crippen LogP contribution is -2.20. The molecule has 0 radical (unpaired) electrons. The monoisotopic (exact) mass is 285 g/mol. The molecule has 1 aromatic rings. The zero-order valence-corrected chi connectivity index (χ0v) is 13.0. The fraction of sp³-hybridized carbons (Fsp3) is 0.600. The van der Waals surface area contributed by atoms with Crippen LogP contribution >= 0.6 is 11.6 Å². The van der Waals surface area contributed by atoms with Crippen molar-refractivity contribution in [3.8, 4) is 5.75 Å². The minimum absolute atomic E-state index is 0.0213. The smallest absolute Gasteiger partial charge is 0.121 e. The van der Waals surface area contributed by atoms with Crippen LogP contribution in [0.5, 0.6) is 5.75 Å². The lowest BCUT2D eigenvalue weighted by Gasteiger charge is -2.18. The molecule has 1 aromatic carbocycles. The van der Waals surface area contributed by atoms with Crippen LogP contribution in [-0.2, 0) is 4.74 Å². The van der Waals surface area contributed by atoms with E-state index in [4.69, 9.17) is 21.1 Å². The Morgan fingerprint density at radius 3 is 2.58 bits per heavy atom. The zero-order valence-electron chi connectivity index (χ0n) is 12.2. The van der Waals surface area contributed by atoms with E-state index in [2.05, 4.69) is 19.2 Å². The summed E-state index contributed by atoms with van der Waals surface area (Å²) in [5.41, 5.74) is 1.09. The second kappa shape index (κ2) is 8.41. The number of hydrogen-bond acceptors (Lipinski definition) is 3. The van der Waals surface area contributed by atoms with Crippen LogP contribution < -0.4 is 10.1 Å². The summed E-state index contributed by atoms with van der Waals surface area (Å²) in [6, 6.07) is 6.08. The lowest BCUT2D eigenvalue weighted by molar-refractivity contribution is 0.0657. The van der Waals surface area contributed by atoms with E-state index in [0.29, 0.717) is 13.2 Å². The third-order valence-electron chi connectivity index (χ3n) is 2.84. The molecule has 0 bridgehead atoms. The van der Waals surface area contributed by atoms with Gasteiger partial charge in [-0.15, -0.1) is 0 Å². The molecule has 2 atom stereocenters. The number of rotatable bonds is 8. The second-order valence-corrected chi connectivity index (χ2v) is 4.96. The highest BCUT2D eigenvalue weighted by molar-refractivity contribution is 6.31. The van der Waals surface area contributed by atoms with Crippen LogP contribution in [0.4, 0.5) is 0 Å². The third-order valence-corrected chi connectivity index (χ3v) is 3.17. The molecule has 0 saturated carbocycles. The summed E-state index contributed by atoms with van der Waals surface area (Å²) < 4.78 is 11.1. The first-order valence-electron chi connectivity index (χ1n) is 6.85. The van der Waals surface area contributed by atoms with Crippen LogP contribution in [0.1, 0.15) is 39.3 Å². The highest BCUT2D eigenvalue weighted by atomic mass is 35.5. The Hall–Kier alpha value is -0.770. The molecule has 1 rings (SSSR count). The summed E-state index contributed by atoms with van der Waals surface area (Å²) >= 11 is 6.30. The number of halogens is 1. The highest BCUT2D eigenvalue weighted by Crippen LogP contribution is 2.27. The first-order chi connectivity index (χ1) is 9.08.